The summed E-state index contributed by atoms with van der Waals surface area (Å²) in [6, 6.07) is 3.11. The molecule has 1 fully saturated rings. The van der Waals surface area contributed by atoms with E-state index in [1.807, 2.05) is 0 Å². The molecule has 3 rings (SSSR count). The average Bonchev–Trinajstić information content (AvgIpc) is 3.06. The van der Waals surface area contributed by atoms with Gasteiger partial charge in [0.25, 0.3) is 11.1 Å². The van der Waals surface area contributed by atoms with Gasteiger partial charge >= 0.3 is 0 Å². The predicted molar refractivity (Wildman–Crippen MR) is 78.8 cm³/mol. The molecule has 3 heterocycles. The number of amides is 3. The number of hydrogen-bond acceptors (Lipinski definition) is 6. The van der Waals surface area contributed by atoms with Gasteiger partial charge in [-0.15, -0.1) is 0 Å². The maximum atomic E-state index is 12.0. The lowest BCUT2D eigenvalue weighted by Gasteiger charge is -2.12. The lowest BCUT2D eigenvalue weighted by atomic mass is 10.4. The van der Waals surface area contributed by atoms with Crippen LogP contribution in [-0.2, 0) is 4.79 Å². The second-order valence-corrected chi connectivity index (χ2v) is 5.53. The normalized spacial score (nSPS) is 14.8. The number of carbonyl (C=O) groups is 3. The van der Waals surface area contributed by atoms with Gasteiger partial charge in [-0.1, -0.05) is 11.8 Å². The van der Waals surface area contributed by atoms with E-state index >= 15 is 0 Å². The minimum absolute atomic E-state index is 0.0214. The first-order valence-electron chi connectivity index (χ1n) is 6.48. The largest absolute Gasteiger partial charge is 0.504 e. The third-order valence-corrected chi connectivity index (χ3v) is 4.01. The molecule has 0 bridgehead atoms. The summed E-state index contributed by atoms with van der Waals surface area (Å²) in [6.07, 6.45) is 3.16. The first-order chi connectivity index (χ1) is 10.6. The summed E-state index contributed by atoms with van der Waals surface area (Å²) in [7, 11) is 0. The van der Waals surface area contributed by atoms with E-state index in [0.717, 1.165) is 16.7 Å². The number of fused-ring (bicyclic) bond motifs is 1. The summed E-state index contributed by atoms with van der Waals surface area (Å²) >= 11 is 0.955. The number of aromatic hydroxyl groups is 1. The fourth-order valence-electron chi connectivity index (χ4n) is 2.08. The third kappa shape index (κ3) is 2.62. The van der Waals surface area contributed by atoms with Gasteiger partial charge in [-0.25, -0.2) is 4.98 Å². The third-order valence-electron chi connectivity index (χ3n) is 3.16. The number of nitrogens with one attached hydrogen (secondary N) is 1. The lowest BCUT2D eigenvalue weighted by Crippen LogP contribution is -2.37. The van der Waals surface area contributed by atoms with Crippen LogP contribution in [0.1, 0.15) is 10.5 Å². The molecule has 8 nitrogen and oxygen atoms in total. The van der Waals surface area contributed by atoms with Gasteiger partial charge in [0.1, 0.15) is 5.69 Å². The summed E-state index contributed by atoms with van der Waals surface area (Å²) in [5.41, 5.74) is 0.434. The monoisotopic (exact) mass is 320 g/mol. The van der Waals surface area contributed by atoms with E-state index in [2.05, 4.69) is 10.3 Å². The number of imide groups is 1. The molecule has 1 aliphatic rings. The summed E-state index contributed by atoms with van der Waals surface area (Å²) in [4.78, 5) is 40.0. The predicted octanol–water partition coefficient (Wildman–Crippen LogP) is 0.465. The van der Waals surface area contributed by atoms with Gasteiger partial charge in [-0.3, -0.25) is 19.3 Å². The van der Waals surface area contributed by atoms with Crippen molar-refractivity contribution in [3.8, 4) is 5.75 Å². The van der Waals surface area contributed by atoms with Crippen molar-refractivity contribution in [2.45, 2.75) is 0 Å². The van der Waals surface area contributed by atoms with Crippen LogP contribution in [0.5, 0.6) is 5.75 Å². The van der Waals surface area contributed by atoms with Crippen LogP contribution < -0.4 is 5.32 Å². The molecule has 0 saturated carbocycles. The van der Waals surface area contributed by atoms with Crippen LogP contribution in [0, 0.1) is 0 Å². The maximum Gasteiger partial charge on any atom is 0.288 e. The molecular weight excluding hydrogens is 308 g/mol. The van der Waals surface area contributed by atoms with Crippen LogP contribution in [0.15, 0.2) is 24.5 Å². The second-order valence-electron chi connectivity index (χ2n) is 4.61. The SMILES string of the molecule is O=C(NCCN1C(=O)CSC1=O)c1cn2cccc(O)c2n1. The van der Waals surface area contributed by atoms with Crippen LogP contribution in [0.2, 0.25) is 0 Å². The standard InChI is InChI=1S/C13H12N4O4S/c18-9-2-1-4-16-6-8(15-11(9)16)12(20)14-3-5-17-10(19)7-22-13(17)21/h1-2,4,6,18H,3,5,7H2,(H,14,20). The molecule has 0 aliphatic carbocycles. The summed E-state index contributed by atoms with van der Waals surface area (Å²) in [5.74, 6) is -0.554. The van der Waals surface area contributed by atoms with Gasteiger partial charge in [0, 0.05) is 25.5 Å². The zero-order valence-corrected chi connectivity index (χ0v) is 12.2. The van der Waals surface area contributed by atoms with E-state index in [4.69, 9.17) is 0 Å². The zero-order chi connectivity index (χ0) is 15.7. The highest BCUT2D eigenvalue weighted by Gasteiger charge is 2.29. The van der Waals surface area contributed by atoms with Crippen LogP contribution >= 0.6 is 11.8 Å². The summed E-state index contributed by atoms with van der Waals surface area (Å²) in [5, 5.41) is 11.9. The Kier molecular flexibility index (Phi) is 3.72. The molecule has 0 radical (unpaired) electrons. The van der Waals surface area contributed by atoms with Gasteiger partial charge < -0.3 is 14.8 Å². The molecule has 9 heteroatoms. The molecule has 2 aromatic rings. The summed E-state index contributed by atoms with van der Waals surface area (Å²) < 4.78 is 1.54. The molecule has 0 aromatic carbocycles. The van der Waals surface area contributed by atoms with Gasteiger partial charge in [0.05, 0.1) is 5.75 Å². The molecule has 0 unspecified atom stereocenters. The van der Waals surface area contributed by atoms with Crippen LogP contribution in [-0.4, -0.2) is 55.3 Å². The van der Waals surface area contributed by atoms with Gasteiger partial charge in [0.2, 0.25) is 5.91 Å². The summed E-state index contributed by atoms with van der Waals surface area (Å²) in [6.45, 7) is 0.283. The molecule has 3 amide bonds. The van der Waals surface area contributed by atoms with E-state index in [1.165, 1.54) is 16.7 Å². The number of nitrogens with zero attached hydrogens (tertiary/aromatic N) is 3. The maximum absolute atomic E-state index is 12.0. The number of hydrogen-bond donors (Lipinski definition) is 2. The van der Waals surface area contributed by atoms with Crippen molar-refractivity contribution in [2.75, 3.05) is 18.8 Å². The topological polar surface area (TPSA) is 104 Å². The second kappa shape index (κ2) is 5.68. The van der Waals surface area contributed by atoms with Crippen LogP contribution in [0.3, 0.4) is 0 Å². The Hall–Kier alpha value is -2.55. The van der Waals surface area contributed by atoms with Crippen LogP contribution in [0.4, 0.5) is 4.79 Å². The molecule has 2 N–H and O–H groups in total. The fourth-order valence-corrected chi connectivity index (χ4v) is 2.83. The number of aromatic nitrogens is 2. The fraction of sp³-hybridized carbons (Fsp3) is 0.231. The molecule has 1 saturated heterocycles. The van der Waals surface area contributed by atoms with Gasteiger partial charge in [-0.05, 0) is 12.1 Å². The molecule has 1 aliphatic heterocycles. The van der Waals surface area contributed by atoms with Crippen molar-refractivity contribution < 1.29 is 19.5 Å². The van der Waals surface area contributed by atoms with Gasteiger partial charge in [0.15, 0.2) is 11.4 Å². The van der Waals surface area contributed by atoms with E-state index in [1.54, 1.807) is 12.3 Å². The number of pyridine rings is 1. The number of thioether (sulfide) groups is 1. The van der Waals surface area contributed by atoms with E-state index in [-0.39, 0.29) is 47.1 Å². The van der Waals surface area contributed by atoms with E-state index in [0.29, 0.717) is 0 Å². The van der Waals surface area contributed by atoms with Crippen molar-refractivity contribution in [1.29, 1.82) is 0 Å². The van der Waals surface area contributed by atoms with Crippen molar-refractivity contribution >= 4 is 34.5 Å². The zero-order valence-electron chi connectivity index (χ0n) is 11.4. The molecule has 114 valence electrons. The highest BCUT2D eigenvalue weighted by molar-refractivity contribution is 8.14. The van der Waals surface area contributed by atoms with Crippen molar-refractivity contribution in [2.24, 2.45) is 0 Å². The molecule has 0 spiro atoms. The smallest absolute Gasteiger partial charge is 0.288 e. The molecule has 22 heavy (non-hydrogen) atoms. The Morgan fingerprint density at radius 3 is 2.95 bits per heavy atom. The molecular formula is C13H12N4O4S. The van der Waals surface area contributed by atoms with Crippen molar-refractivity contribution in [1.82, 2.24) is 19.6 Å². The van der Waals surface area contributed by atoms with Crippen molar-refractivity contribution in [3.63, 3.8) is 0 Å². The number of imidazole rings is 1. The van der Waals surface area contributed by atoms with Crippen molar-refractivity contribution in [3.05, 3.63) is 30.2 Å². The quantitative estimate of drug-likeness (QED) is 0.848. The highest BCUT2D eigenvalue weighted by Crippen LogP contribution is 2.18. The molecule has 2 aromatic heterocycles. The van der Waals surface area contributed by atoms with E-state index in [9.17, 15) is 19.5 Å². The Morgan fingerprint density at radius 2 is 2.27 bits per heavy atom. The first-order valence-corrected chi connectivity index (χ1v) is 7.47. The van der Waals surface area contributed by atoms with Gasteiger partial charge in [-0.2, -0.15) is 0 Å². The first kappa shape index (κ1) is 14.4. The van der Waals surface area contributed by atoms with Crippen LogP contribution in [0.25, 0.3) is 5.65 Å². The minimum Gasteiger partial charge on any atom is -0.504 e. The number of rotatable bonds is 4. The Morgan fingerprint density at radius 1 is 1.45 bits per heavy atom. The Bertz CT molecular complexity index is 756. The average molecular weight is 320 g/mol. The minimum atomic E-state index is -0.435. The van der Waals surface area contributed by atoms with E-state index < -0.39 is 5.91 Å². The highest BCUT2D eigenvalue weighted by atomic mass is 32.2. The Balaban J connectivity index is 1.63. The Labute approximate surface area is 129 Å². The molecule has 0 atom stereocenters. The number of carbonyl (C=O) groups excluding carboxylic acids is 3. The lowest BCUT2D eigenvalue weighted by molar-refractivity contribution is -0.124.